The first-order chi connectivity index (χ1) is 7.50. The second-order valence-electron chi connectivity index (χ2n) is 3.44. The second-order valence-corrected chi connectivity index (χ2v) is 3.44. The Hall–Kier alpha value is -2.11. The van der Waals surface area contributed by atoms with Crippen molar-refractivity contribution in [3.05, 3.63) is 29.6 Å². The highest BCUT2D eigenvalue weighted by Crippen LogP contribution is 2.02. The molecular formula is C10H13N3O3. The molecule has 0 unspecified atom stereocenters. The molecule has 2 amide bonds. The highest BCUT2D eigenvalue weighted by molar-refractivity contribution is 5.87. The van der Waals surface area contributed by atoms with E-state index < -0.39 is 5.97 Å². The molecule has 0 saturated carbocycles. The molecule has 0 atom stereocenters. The Bertz CT molecular complexity index is 404. The highest BCUT2D eigenvalue weighted by atomic mass is 16.4. The number of pyridine rings is 1. The monoisotopic (exact) mass is 223 g/mol. The van der Waals surface area contributed by atoms with Gasteiger partial charge in [0, 0.05) is 33.0 Å². The Balaban J connectivity index is 2.64. The lowest BCUT2D eigenvalue weighted by molar-refractivity contribution is 0.0696. The topological polar surface area (TPSA) is 82.5 Å². The summed E-state index contributed by atoms with van der Waals surface area (Å²) in [5.74, 6) is -1.03. The number of hydrogen-bond donors (Lipinski definition) is 2. The summed E-state index contributed by atoms with van der Waals surface area (Å²) in [6.45, 7) is 0.255. The molecule has 0 saturated heterocycles. The molecule has 1 rings (SSSR count). The summed E-state index contributed by atoms with van der Waals surface area (Å²) in [5, 5.41) is 11.4. The third-order valence-electron chi connectivity index (χ3n) is 1.89. The average molecular weight is 223 g/mol. The van der Waals surface area contributed by atoms with Crippen molar-refractivity contribution >= 4 is 12.0 Å². The standard InChI is InChI=1S/C10H13N3O3/c1-13(2)10(16)12-5-7-3-8(9(14)15)6-11-4-7/h3-4,6H,5H2,1-2H3,(H,12,16)(H,14,15). The first kappa shape index (κ1) is 12.0. The molecule has 0 aliphatic heterocycles. The average Bonchev–Trinajstić information content (AvgIpc) is 2.26. The molecule has 1 heterocycles. The maximum atomic E-state index is 11.2. The summed E-state index contributed by atoms with van der Waals surface area (Å²) in [7, 11) is 3.25. The van der Waals surface area contributed by atoms with Crippen molar-refractivity contribution in [1.82, 2.24) is 15.2 Å². The van der Waals surface area contributed by atoms with Gasteiger partial charge in [-0.05, 0) is 11.6 Å². The van der Waals surface area contributed by atoms with E-state index in [9.17, 15) is 9.59 Å². The van der Waals surface area contributed by atoms with Gasteiger partial charge >= 0.3 is 12.0 Å². The van der Waals surface area contributed by atoms with Crippen molar-refractivity contribution in [3.63, 3.8) is 0 Å². The van der Waals surface area contributed by atoms with Crippen molar-refractivity contribution < 1.29 is 14.7 Å². The maximum Gasteiger partial charge on any atom is 0.337 e. The summed E-state index contributed by atoms with van der Waals surface area (Å²) in [4.78, 5) is 27.1. The van der Waals surface area contributed by atoms with Crippen LogP contribution in [0.15, 0.2) is 18.5 Å². The van der Waals surface area contributed by atoms with E-state index in [0.717, 1.165) is 0 Å². The smallest absolute Gasteiger partial charge is 0.337 e. The predicted molar refractivity (Wildman–Crippen MR) is 57.1 cm³/mol. The summed E-state index contributed by atoms with van der Waals surface area (Å²) < 4.78 is 0. The molecular weight excluding hydrogens is 210 g/mol. The fourth-order valence-corrected chi connectivity index (χ4v) is 1.04. The lowest BCUT2D eigenvalue weighted by Gasteiger charge is -2.11. The van der Waals surface area contributed by atoms with Gasteiger partial charge in [-0.15, -0.1) is 0 Å². The second kappa shape index (κ2) is 5.11. The van der Waals surface area contributed by atoms with Crippen LogP contribution in [0.25, 0.3) is 0 Å². The lowest BCUT2D eigenvalue weighted by Crippen LogP contribution is -2.33. The molecule has 0 radical (unpaired) electrons. The van der Waals surface area contributed by atoms with Crippen LogP contribution in [-0.2, 0) is 6.54 Å². The minimum absolute atomic E-state index is 0.108. The summed E-state index contributed by atoms with van der Waals surface area (Å²) >= 11 is 0. The number of nitrogens with one attached hydrogen (secondary N) is 1. The number of hydrogen-bond acceptors (Lipinski definition) is 3. The van der Waals surface area contributed by atoms with E-state index in [2.05, 4.69) is 10.3 Å². The first-order valence-corrected chi connectivity index (χ1v) is 4.63. The molecule has 6 nitrogen and oxygen atoms in total. The van der Waals surface area contributed by atoms with E-state index in [4.69, 9.17) is 5.11 Å². The van der Waals surface area contributed by atoms with E-state index in [1.165, 1.54) is 23.4 Å². The Kier molecular flexibility index (Phi) is 3.82. The number of carbonyl (C=O) groups excluding carboxylic acids is 1. The SMILES string of the molecule is CN(C)C(=O)NCc1cncc(C(=O)O)c1. The molecule has 0 spiro atoms. The van der Waals surface area contributed by atoms with Crippen LogP contribution in [0.3, 0.4) is 0 Å². The number of nitrogens with zero attached hydrogens (tertiary/aromatic N) is 2. The molecule has 1 aromatic heterocycles. The third-order valence-corrected chi connectivity index (χ3v) is 1.89. The Morgan fingerprint density at radius 1 is 1.44 bits per heavy atom. The van der Waals surface area contributed by atoms with Crippen LogP contribution in [0.4, 0.5) is 4.79 Å². The van der Waals surface area contributed by atoms with Crippen molar-refractivity contribution in [2.24, 2.45) is 0 Å². The molecule has 0 bridgehead atoms. The van der Waals surface area contributed by atoms with Gasteiger partial charge in [-0.2, -0.15) is 0 Å². The highest BCUT2D eigenvalue weighted by Gasteiger charge is 2.06. The van der Waals surface area contributed by atoms with Gasteiger partial charge in [-0.3, -0.25) is 4.98 Å². The Morgan fingerprint density at radius 2 is 2.12 bits per heavy atom. The van der Waals surface area contributed by atoms with Gasteiger partial charge in [-0.1, -0.05) is 0 Å². The van der Waals surface area contributed by atoms with Crippen LogP contribution >= 0.6 is 0 Å². The van der Waals surface area contributed by atoms with Crippen molar-refractivity contribution in [2.75, 3.05) is 14.1 Å². The Labute approximate surface area is 92.9 Å². The van der Waals surface area contributed by atoms with E-state index in [1.807, 2.05) is 0 Å². The van der Waals surface area contributed by atoms with Gasteiger partial charge in [0.05, 0.1) is 5.56 Å². The minimum Gasteiger partial charge on any atom is -0.478 e. The molecule has 0 aliphatic carbocycles. The number of urea groups is 1. The molecule has 0 aliphatic rings. The van der Waals surface area contributed by atoms with E-state index >= 15 is 0 Å². The number of carboxylic acid groups (broad SMARTS) is 1. The van der Waals surface area contributed by atoms with Gasteiger partial charge in [0.2, 0.25) is 0 Å². The fraction of sp³-hybridized carbons (Fsp3) is 0.300. The molecule has 86 valence electrons. The van der Waals surface area contributed by atoms with E-state index in [1.54, 1.807) is 14.1 Å². The van der Waals surface area contributed by atoms with Crippen molar-refractivity contribution in [2.45, 2.75) is 6.54 Å². The van der Waals surface area contributed by atoms with Gasteiger partial charge in [0.15, 0.2) is 0 Å². The zero-order chi connectivity index (χ0) is 12.1. The lowest BCUT2D eigenvalue weighted by atomic mass is 10.2. The zero-order valence-electron chi connectivity index (χ0n) is 9.10. The molecule has 0 fully saturated rings. The molecule has 6 heteroatoms. The largest absolute Gasteiger partial charge is 0.478 e. The van der Waals surface area contributed by atoms with Gasteiger partial charge in [-0.25, -0.2) is 9.59 Å². The number of aromatic nitrogens is 1. The number of carboxylic acids is 1. The Morgan fingerprint density at radius 3 is 2.69 bits per heavy atom. The quantitative estimate of drug-likeness (QED) is 0.784. The van der Waals surface area contributed by atoms with Gasteiger partial charge in [0.1, 0.15) is 0 Å². The van der Waals surface area contributed by atoms with Crippen LogP contribution < -0.4 is 5.32 Å². The molecule has 1 aromatic rings. The van der Waals surface area contributed by atoms with E-state index in [0.29, 0.717) is 5.56 Å². The first-order valence-electron chi connectivity index (χ1n) is 4.63. The minimum atomic E-state index is -1.03. The predicted octanol–water partition coefficient (Wildman–Crippen LogP) is 0.551. The third kappa shape index (κ3) is 3.23. The molecule has 16 heavy (non-hydrogen) atoms. The molecule has 2 N–H and O–H groups in total. The summed E-state index contributed by atoms with van der Waals surface area (Å²) in [6.07, 6.45) is 2.78. The number of aromatic carboxylic acids is 1. The normalized spacial score (nSPS) is 9.62. The summed E-state index contributed by atoms with van der Waals surface area (Å²) in [5.41, 5.74) is 0.756. The van der Waals surface area contributed by atoms with Crippen molar-refractivity contribution in [1.29, 1.82) is 0 Å². The van der Waals surface area contributed by atoms with Crippen LogP contribution in [0.5, 0.6) is 0 Å². The number of rotatable bonds is 3. The van der Waals surface area contributed by atoms with Crippen LogP contribution in [0.2, 0.25) is 0 Å². The fourth-order valence-electron chi connectivity index (χ4n) is 1.04. The van der Waals surface area contributed by atoms with Crippen LogP contribution in [0, 0.1) is 0 Å². The zero-order valence-corrected chi connectivity index (χ0v) is 9.10. The summed E-state index contributed by atoms with van der Waals surface area (Å²) in [6, 6.07) is 1.24. The van der Waals surface area contributed by atoms with Crippen molar-refractivity contribution in [3.8, 4) is 0 Å². The van der Waals surface area contributed by atoms with Gasteiger partial charge < -0.3 is 15.3 Å². The van der Waals surface area contributed by atoms with Crippen LogP contribution in [-0.4, -0.2) is 41.1 Å². The molecule has 0 aromatic carbocycles. The van der Waals surface area contributed by atoms with E-state index in [-0.39, 0.29) is 18.1 Å². The number of carbonyl (C=O) groups is 2. The number of amides is 2. The maximum absolute atomic E-state index is 11.2. The van der Waals surface area contributed by atoms with Gasteiger partial charge in [0.25, 0.3) is 0 Å². The van der Waals surface area contributed by atoms with Crippen LogP contribution in [0.1, 0.15) is 15.9 Å².